The van der Waals surface area contributed by atoms with Gasteiger partial charge in [-0.25, -0.2) is 4.79 Å². The van der Waals surface area contributed by atoms with Crippen LogP contribution in [0.15, 0.2) is 11.3 Å². The summed E-state index contributed by atoms with van der Waals surface area (Å²) < 4.78 is 20.1. The zero-order chi connectivity index (χ0) is 12.6. The molecule has 0 unspecified atom stereocenters. The van der Waals surface area contributed by atoms with E-state index in [9.17, 15) is 4.79 Å². The topological polar surface area (TPSA) is 74.2 Å². The Morgan fingerprint density at radius 3 is 2.12 bits per heavy atom. The van der Waals surface area contributed by atoms with E-state index in [-0.39, 0.29) is 13.2 Å². The Hall–Kier alpha value is -0.733. The lowest BCUT2D eigenvalue weighted by atomic mass is 10.4. The molecule has 0 aliphatic heterocycles. The van der Waals surface area contributed by atoms with E-state index >= 15 is 0 Å². The molecule has 0 spiro atoms. The molecule has 0 aliphatic rings. The second kappa shape index (κ2) is 7.53. The van der Waals surface area contributed by atoms with Crippen molar-refractivity contribution in [2.45, 2.75) is 6.92 Å². The molecule has 0 bridgehead atoms. The molecular formula is C9H18O6Si. The summed E-state index contributed by atoms with van der Waals surface area (Å²) in [5.74, 6) is -0.530. The Morgan fingerprint density at radius 2 is 1.75 bits per heavy atom. The Morgan fingerprint density at radius 1 is 1.25 bits per heavy atom. The number of hydrogen-bond acceptors (Lipinski definition) is 6. The van der Waals surface area contributed by atoms with E-state index < -0.39 is 14.8 Å². The van der Waals surface area contributed by atoms with E-state index in [1.807, 2.05) is 0 Å². The van der Waals surface area contributed by atoms with E-state index in [1.54, 1.807) is 6.92 Å². The molecule has 0 aromatic rings. The molecule has 6 nitrogen and oxygen atoms in total. The van der Waals surface area contributed by atoms with Crippen LogP contribution in [0.3, 0.4) is 0 Å². The van der Waals surface area contributed by atoms with Gasteiger partial charge in [-0.15, -0.1) is 0 Å². The Labute approximate surface area is 96.1 Å². The van der Waals surface area contributed by atoms with Gasteiger partial charge in [-0.05, 0) is 12.6 Å². The van der Waals surface area contributed by atoms with Crippen molar-refractivity contribution in [2.75, 3.05) is 34.5 Å². The first-order valence-electron chi connectivity index (χ1n) is 4.68. The maximum absolute atomic E-state index is 11.4. The molecule has 0 heterocycles. The fraction of sp³-hybridized carbons (Fsp3) is 0.667. The maximum Gasteiger partial charge on any atom is 0.529 e. The number of aliphatic hydroxyl groups excluding tert-OH is 1. The van der Waals surface area contributed by atoms with E-state index in [0.29, 0.717) is 5.57 Å². The van der Waals surface area contributed by atoms with Crippen LogP contribution in [0.4, 0.5) is 0 Å². The molecule has 1 N–H and O–H groups in total. The first kappa shape index (κ1) is 15.3. The van der Waals surface area contributed by atoms with Gasteiger partial charge in [0.2, 0.25) is 0 Å². The third kappa shape index (κ3) is 4.41. The van der Waals surface area contributed by atoms with Crippen LogP contribution in [0.1, 0.15) is 6.92 Å². The summed E-state index contributed by atoms with van der Waals surface area (Å²) in [6.07, 6.45) is 0. The molecule has 94 valence electrons. The van der Waals surface area contributed by atoms with Crippen LogP contribution in [0.5, 0.6) is 0 Å². The highest BCUT2D eigenvalue weighted by molar-refractivity contribution is 6.66. The normalized spacial score (nSPS) is 12.7. The van der Waals surface area contributed by atoms with Crippen LogP contribution < -0.4 is 0 Å². The fourth-order valence-electron chi connectivity index (χ4n) is 1.00. The summed E-state index contributed by atoms with van der Waals surface area (Å²) in [7, 11) is 1.43. The number of aliphatic hydroxyl groups is 1. The highest BCUT2D eigenvalue weighted by Gasteiger charge is 2.36. The minimum Gasteiger partial charge on any atom is -0.460 e. The van der Waals surface area contributed by atoms with Gasteiger partial charge in [-0.2, -0.15) is 0 Å². The van der Waals surface area contributed by atoms with Gasteiger partial charge >= 0.3 is 14.8 Å². The van der Waals surface area contributed by atoms with E-state index in [0.717, 1.165) is 0 Å². The van der Waals surface area contributed by atoms with Gasteiger partial charge in [0, 0.05) is 26.9 Å². The number of carbonyl (C=O) groups is 1. The third-order valence-electron chi connectivity index (χ3n) is 1.89. The molecule has 16 heavy (non-hydrogen) atoms. The lowest BCUT2D eigenvalue weighted by Crippen LogP contribution is -2.41. The largest absolute Gasteiger partial charge is 0.529 e. The predicted octanol–water partition coefficient (Wildman–Crippen LogP) is -0.115. The molecule has 0 aromatic heterocycles. The van der Waals surface area contributed by atoms with Crippen LogP contribution in [0.2, 0.25) is 0 Å². The zero-order valence-corrected chi connectivity index (χ0v) is 11.0. The molecule has 0 aromatic carbocycles. The maximum atomic E-state index is 11.4. The van der Waals surface area contributed by atoms with Crippen LogP contribution in [-0.2, 0) is 22.8 Å². The van der Waals surface area contributed by atoms with Crippen LogP contribution in [0.25, 0.3) is 0 Å². The average molecular weight is 250 g/mol. The second-order valence-electron chi connectivity index (χ2n) is 2.90. The summed E-state index contributed by atoms with van der Waals surface area (Å²) in [6.45, 7) is 1.32. The first-order valence-corrected chi connectivity index (χ1v) is 6.48. The van der Waals surface area contributed by atoms with E-state index in [1.165, 1.54) is 27.0 Å². The molecule has 0 fully saturated rings. The molecular weight excluding hydrogens is 232 g/mol. The number of ether oxygens (including phenoxy) is 1. The number of rotatable bonds is 7. The summed E-state index contributed by atoms with van der Waals surface area (Å²) in [5, 5.41) is 8.51. The number of esters is 1. The minimum absolute atomic E-state index is 0.0362. The molecule has 0 saturated heterocycles. The van der Waals surface area contributed by atoms with Crippen molar-refractivity contribution in [3.63, 3.8) is 0 Å². The van der Waals surface area contributed by atoms with Gasteiger partial charge < -0.3 is 23.1 Å². The highest BCUT2D eigenvalue weighted by atomic mass is 28.4. The van der Waals surface area contributed by atoms with Gasteiger partial charge in [0.25, 0.3) is 0 Å². The standard InChI is InChI=1S/C9H18O6Si/c1-8(9(11)15-6-5-10)7-16(12-2,13-3)14-4/h7,10H,5-6H2,1-4H3. The van der Waals surface area contributed by atoms with Crippen LogP contribution in [0, 0.1) is 0 Å². The lowest BCUT2D eigenvalue weighted by molar-refractivity contribution is -0.139. The van der Waals surface area contributed by atoms with Gasteiger partial charge in [-0.3, -0.25) is 0 Å². The molecule has 0 aliphatic carbocycles. The zero-order valence-electron chi connectivity index (χ0n) is 9.98. The van der Waals surface area contributed by atoms with E-state index in [4.69, 9.17) is 23.1 Å². The third-order valence-corrected chi connectivity index (χ3v) is 4.39. The molecule has 7 heteroatoms. The lowest BCUT2D eigenvalue weighted by Gasteiger charge is -2.21. The molecule has 0 amide bonds. The van der Waals surface area contributed by atoms with Gasteiger partial charge in [-0.1, -0.05) is 0 Å². The van der Waals surface area contributed by atoms with Crippen molar-refractivity contribution >= 4 is 14.8 Å². The molecule has 0 radical (unpaired) electrons. The van der Waals surface area contributed by atoms with Crippen molar-refractivity contribution in [1.82, 2.24) is 0 Å². The van der Waals surface area contributed by atoms with Crippen molar-refractivity contribution in [1.29, 1.82) is 0 Å². The summed E-state index contributed by atoms with van der Waals surface area (Å²) in [4.78, 5) is 11.4. The average Bonchev–Trinajstić information content (AvgIpc) is 2.32. The highest BCUT2D eigenvalue weighted by Crippen LogP contribution is 2.11. The minimum atomic E-state index is -2.91. The Kier molecular flexibility index (Phi) is 7.18. The second-order valence-corrected chi connectivity index (χ2v) is 5.62. The van der Waals surface area contributed by atoms with Crippen LogP contribution in [-0.4, -0.2) is 54.4 Å². The summed E-state index contributed by atoms with van der Waals surface area (Å²) >= 11 is 0. The Balaban J connectivity index is 4.65. The first-order chi connectivity index (χ1) is 7.55. The van der Waals surface area contributed by atoms with Gasteiger partial charge in [0.05, 0.1) is 6.61 Å². The molecule has 0 saturated carbocycles. The van der Waals surface area contributed by atoms with Crippen molar-refractivity contribution < 1.29 is 27.9 Å². The SMILES string of the molecule is CO[Si](C=C(C)C(=O)OCCO)(OC)OC. The number of hydrogen-bond donors (Lipinski definition) is 1. The van der Waals surface area contributed by atoms with Crippen molar-refractivity contribution in [2.24, 2.45) is 0 Å². The van der Waals surface area contributed by atoms with E-state index in [2.05, 4.69) is 0 Å². The quantitative estimate of drug-likeness (QED) is 0.386. The van der Waals surface area contributed by atoms with Crippen molar-refractivity contribution in [3.05, 3.63) is 11.3 Å². The smallest absolute Gasteiger partial charge is 0.460 e. The van der Waals surface area contributed by atoms with Crippen molar-refractivity contribution in [3.8, 4) is 0 Å². The molecule has 0 rings (SSSR count). The number of carbonyl (C=O) groups excluding carboxylic acids is 1. The van der Waals surface area contributed by atoms with Gasteiger partial charge in [0.1, 0.15) is 6.61 Å². The summed E-state index contributed by atoms with van der Waals surface area (Å²) in [6, 6.07) is 0. The Bertz CT molecular complexity index is 240. The molecule has 0 atom stereocenters. The van der Waals surface area contributed by atoms with Crippen LogP contribution >= 0.6 is 0 Å². The monoisotopic (exact) mass is 250 g/mol. The van der Waals surface area contributed by atoms with Gasteiger partial charge in [0.15, 0.2) is 0 Å². The predicted molar refractivity (Wildman–Crippen MR) is 58.6 cm³/mol. The fourth-order valence-corrected chi connectivity index (χ4v) is 2.50. The summed E-state index contributed by atoms with van der Waals surface area (Å²) in [5.41, 5.74) is 1.82.